The van der Waals surface area contributed by atoms with Gasteiger partial charge in [-0.25, -0.2) is 0 Å². The Hall–Kier alpha value is -4.86. The molecule has 0 unspecified atom stereocenters. The number of ether oxygens (including phenoxy) is 4. The summed E-state index contributed by atoms with van der Waals surface area (Å²) in [6.07, 6.45) is -0.217. The first-order valence-corrected chi connectivity index (χ1v) is 12.9. The van der Waals surface area contributed by atoms with E-state index in [1.54, 1.807) is 60.7 Å². The van der Waals surface area contributed by atoms with E-state index in [-0.39, 0.29) is 37.2 Å². The minimum absolute atomic E-state index is 0.0633. The molecule has 0 aliphatic carbocycles. The summed E-state index contributed by atoms with van der Waals surface area (Å²) in [5, 5.41) is 5.25. The van der Waals surface area contributed by atoms with Gasteiger partial charge in [0.25, 0.3) is 5.91 Å². The molecule has 3 rings (SSSR count). The summed E-state index contributed by atoms with van der Waals surface area (Å²) >= 11 is 0. The average Bonchev–Trinajstić information content (AvgIpc) is 3.01. The van der Waals surface area contributed by atoms with Crippen molar-refractivity contribution in [2.75, 3.05) is 28.4 Å². The average molecular weight is 563 g/mol. The van der Waals surface area contributed by atoms with Crippen LogP contribution in [0.25, 0.3) is 0 Å². The molecule has 0 aromatic heterocycles. The minimum atomic E-state index is -1.13. The van der Waals surface area contributed by atoms with Crippen LogP contribution >= 0.6 is 0 Å². The summed E-state index contributed by atoms with van der Waals surface area (Å²) in [4.78, 5) is 51.7. The number of rotatable bonds is 15. The Morgan fingerprint density at radius 2 is 1.39 bits per heavy atom. The van der Waals surface area contributed by atoms with Gasteiger partial charge < -0.3 is 29.6 Å². The van der Waals surface area contributed by atoms with Crippen LogP contribution in [0.2, 0.25) is 0 Å². The molecule has 0 radical (unpaired) electrons. The Morgan fingerprint density at radius 1 is 0.707 bits per heavy atom. The Labute approximate surface area is 238 Å². The number of amides is 2. The summed E-state index contributed by atoms with van der Waals surface area (Å²) in [5.74, 6) is -0.655. The lowest BCUT2D eigenvalue weighted by molar-refractivity contribution is -0.140. The van der Waals surface area contributed by atoms with Crippen LogP contribution in [0.3, 0.4) is 0 Å². The summed E-state index contributed by atoms with van der Waals surface area (Å²) in [7, 11) is 5.95. The zero-order valence-electron chi connectivity index (χ0n) is 23.5. The van der Waals surface area contributed by atoms with Gasteiger partial charge in [0.15, 0.2) is 17.3 Å². The van der Waals surface area contributed by atoms with E-state index in [0.29, 0.717) is 28.6 Å². The Bertz CT molecular complexity index is 1370. The lowest BCUT2D eigenvalue weighted by Gasteiger charge is -2.18. The van der Waals surface area contributed by atoms with Crippen molar-refractivity contribution in [1.82, 2.24) is 10.6 Å². The standard InChI is InChI=1S/C31H34N2O8/c1-38-22-11-14-26(39-2)23(18-22)25(34)12-15-29(35)33-24(16-20-8-6-5-7-9-20)30(36)31(37)32-19-21-10-13-27(40-3)28(17-21)41-4/h5-11,13-14,17-18,24H,12,15-16,19H2,1-4H3,(H,32,37)(H,33,35)/t24-/m0/s1. The minimum Gasteiger partial charge on any atom is -0.497 e. The zero-order valence-corrected chi connectivity index (χ0v) is 23.5. The molecular weight excluding hydrogens is 528 g/mol. The molecular formula is C31H34N2O8. The largest absolute Gasteiger partial charge is 0.497 e. The monoisotopic (exact) mass is 562 g/mol. The van der Waals surface area contributed by atoms with Crippen molar-refractivity contribution < 1.29 is 38.1 Å². The number of methoxy groups -OCH3 is 4. The molecule has 0 aliphatic heterocycles. The number of benzene rings is 3. The van der Waals surface area contributed by atoms with Crippen molar-refractivity contribution in [3.8, 4) is 23.0 Å². The molecule has 1 atom stereocenters. The third-order valence-corrected chi connectivity index (χ3v) is 6.35. The van der Waals surface area contributed by atoms with Gasteiger partial charge in [-0.3, -0.25) is 19.2 Å². The van der Waals surface area contributed by atoms with Gasteiger partial charge in [0.1, 0.15) is 17.5 Å². The van der Waals surface area contributed by atoms with Gasteiger partial charge in [-0.1, -0.05) is 36.4 Å². The summed E-state index contributed by atoms with van der Waals surface area (Å²) in [6.45, 7) is 0.0633. The molecule has 3 aromatic carbocycles. The van der Waals surface area contributed by atoms with E-state index in [1.165, 1.54) is 28.4 Å². The zero-order chi connectivity index (χ0) is 29.8. The van der Waals surface area contributed by atoms with Crippen molar-refractivity contribution in [3.63, 3.8) is 0 Å². The molecule has 0 saturated carbocycles. The van der Waals surface area contributed by atoms with E-state index in [1.807, 2.05) is 6.07 Å². The summed E-state index contributed by atoms with van der Waals surface area (Å²) < 4.78 is 21.0. The summed E-state index contributed by atoms with van der Waals surface area (Å²) in [5.41, 5.74) is 1.74. The lowest BCUT2D eigenvalue weighted by Crippen LogP contribution is -2.48. The number of carbonyl (C=O) groups is 4. The molecule has 0 aliphatic rings. The molecule has 2 amide bonds. The van der Waals surface area contributed by atoms with Gasteiger partial charge in [0, 0.05) is 25.8 Å². The molecule has 10 heteroatoms. The van der Waals surface area contributed by atoms with E-state index in [0.717, 1.165) is 5.56 Å². The highest BCUT2D eigenvalue weighted by molar-refractivity contribution is 6.38. The van der Waals surface area contributed by atoms with Gasteiger partial charge >= 0.3 is 0 Å². The third-order valence-electron chi connectivity index (χ3n) is 6.35. The number of hydrogen-bond donors (Lipinski definition) is 2. The van der Waals surface area contributed by atoms with Crippen LogP contribution < -0.4 is 29.6 Å². The maximum absolute atomic E-state index is 13.2. The number of ketones is 2. The van der Waals surface area contributed by atoms with Gasteiger partial charge in [0.05, 0.1) is 34.0 Å². The number of hydrogen-bond acceptors (Lipinski definition) is 8. The predicted molar refractivity (Wildman–Crippen MR) is 152 cm³/mol. The highest BCUT2D eigenvalue weighted by Crippen LogP contribution is 2.27. The third kappa shape index (κ3) is 8.56. The maximum atomic E-state index is 13.2. The first kappa shape index (κ1) is 30.7. The first-order valence-electron chi connectivity index (χ1n) is 12.9. The van der Waals surface area contributed by atoms with Gasteiger partial charge in [-0.05, 0) is 41.5 Å². The fourth-order valence-electron chi connectivity index (χ4n) is 4.14. The molecule has 0 heterocycles. The van der Waals surface area contributed by atoms with Gasteiger partial charge in [-0.15, -0.1) is 0 Å². The Kier molecular flexibility index (Phi) is 11.3. The molecule has 10 nitrogen and oxygen atoms in total. The van der Waals surface area contributed by atoms with E-state index in [4.69, 9.17) is 18.9 Å². The van der Waals surface area contributed by atoms with Crippen molar-refractivity contribution >= 4 is 23.4 Å². The second kappa shape index (κ2) is 15.1. The van der Waals surface area contributed by atoms with Crippen molar-refractivity contribution in [2.45, 2.75) is 31.8 Å². The number of nitrogens with one attached hydrogen (secondary N) is 2. The molecule has 0 fully saturated rings. The van der Waals surface area contributed by atoms with Crippen LogP contribution in [0.1, 0.15) is 34.3 Å². The van der Waals surface area contributed by atoms with E-state index < -0.39 is 23.6 Å². The van der Waals surface area contributed by atoms with Crippen LogP contribution in [0.4, 0.5) is 0 Å². The molecule has 0 spiro atoms. The smallest absolute Gasteiger partial charge is 0.289 e. The molecule has 0 bridgehead atoms. The van der Waals surface area contributed by atoms with Gasteiger partial charge in [0.2, 0.25) is 11.7 Å². The molecule has 216 valence electrons. The second-order valence-corrected chi connectivity index (χ2v) is 9.04. The van der Waals surface area contributed by atoms with Crippen molar-refractivity contribution in [3.05, 3.63) is 83.4 Å². The Morgan fingerprint density at radius 3 is 2.05 bits per heavy atom. The fraction of sp³-hybridized carbons (Fsp3) is 0.290. The normalized spacial score (nSPS) is 11.1. The summed E-state index contributed by atoms with van der Waals surface area (Å²) in [6, 6.07) is 17.9. The lowest BCUT2D eigenvalue weighted by atomic mass is 10.0. The van der Waals surface area contributed by atoms with Crippen LogP contribution in [0.15, 0.2) is 66.7 Å². The van der Waals surface area contributed by atoms with Crippen LogP contribution in [0.5, 0.6) is 23.0 Å². The van der Waals surface area contributed by atoms with E-state index in [9.17, 15) is 19.2 Å². The van der Waals surface area contributed by atoms with Gasteiger partial charge in [-0.2, -0.15) is 0 Å². The predicted octanol–water partition coefficient (Wildman–Crippen LogP) is 3.30. The molecule has 0 saturated heterocycles. The maximum Gasteiger partial charge on any atom is 0.289 e. The number of carbonyl (C=O) groups excluding carboxylic acids is 4. The highest BCUT2D eigenvalue weighted by atomic mass is 16.5. The van der Waals surface area contributed by atoms with Crippen LogP contribution in [-0.4, -0.2) is 57.9 Å². The topological polar surface area (TPSA) is 129 Å². The van der Waals surface area contributed by atoms with Crippen LogP contribution in [-0.2, 0) is 27.3 Å². The highest BCUT2D eigenvalue weighted by Gasteiger charge is 2.27. The molecule has 3 aromatic rings. The van der Waals surface area contributed by atoms with E-state index >= 15 is 0 Å². The SMILES string of the molecule is COc1ccc(OC)c(C(=O)CCC(=O)N[C@@H](Cc2ccccc2)C(=O)C(=O)NCc2ccc(OC)c(OC)c2)c1. The second-order valence-electron chi connectivity index (χ2n) is 9.04. The quantitative estimate of drug-likeness (QED) is 0.213. The van der Waals surface area contributed by atoms with Crippen LogP contribution in [0, 0.1) is 0 Å². The molecule has 41 heavy (non-hydrogen) atoms. The van der Waals surface area contributed by atoms with E-state index in [2.05, 4.69) is 10.6 Å². The fourth-order valence-corrected chi connectivity index (χ4v) is 4.14. The van der Waals surface area contributed by atoms with Crippen molar-refractivity contribution in [1.29, 1.82) is 0 Å². The first-order chi connectivity index (χ1) is 19.8. The molecule has 2 N–H and O–H groups in total. The van der Waals surface area contributed by atoms with Crippen molar-refractivity contribution in [2.24, 2.45) is 0 Å². The Balaban J connectivity index is 1.67. The number of Topliss-reactive ketones (excluding diaryl/α,β-unsaturated/α-hetero) is 2.